The fourth-order valence-electron chi connectivity index (χ4n) is 0.190. The lowest BCUT2D eigenvalue weighted by molar-refractivity contribution is 0.488. The van der Waals surface area contributed by atoms with Crippen molar-refractivity contribution in [2.45, 2.75) is 6.42 Å². The van der Waals surface area contributed by atoms with E-state index in [-0.39, 0.29) is 12.2 Å². The van der Waals surface area contributed by atoms with Gasteiger partial charge in [-0.2, -0.15) is 0 Å². The molecule has 0 aliphatic rings. The van der Waals surface area contributed by atoms with Crippen LogP contribution in [0.2, 0.25) is 0 Å². The van der Waals surface area contributed by atoms with E-state index in [1.807, 2.05) is 0 Å². The maximum Gasteiger partial charge on any atom is 0.137 e. The van der Waals surface area contributed by atoms with Gasteiger partial charge in [0, 0.05) is 0 Å². The number of sulfonamides is 1. The molecule has 0 spiro atoms. The Balaban J connectivity index is 3.36. The van der Waals surface area contributed by atoms with Gasteiger partial charge in [0.15, 0.2) is 0 Å². The van der Waals surface area contributed by atoms with Crippen LogP contribution in [-0.4, -0.2) is 10.3 Å². The largest absolute Gasteiger partial charge is 0.625 e. The SMILES string of the molecule is [CH2+]CC[S+]([NH-])(=O)[O-]. The molecule has 0 fully saturated rings. The maximum atomic E-state index is 9.86. The van der Waals surface area contributed by atoms with Gasteiger partial charge in [-0.25, -0.2) is 0 Å². The fraction of sp³-hybridized carbons (Fsp3) is 0.667. The molecule has 0 aromatic heterocycles. The average molecular weight is 121 g/mol. The summed E-state index contributed by atoms with van der Waals surface area (Å²) >= 11 is 0. The second kappa shape index (κ2) is 2.30. The molecular weight excluding hydrogens is 114 g/mol. The van der Waals surface area contributed by atoms with Crippen molar-refractivity contribution >= 4 is 10.4 Å². The molecule has 3 nitrogen and oxygen atoms in total. The van der Waals surface area contributed by atoms with Crippen LogP contribution in [0.25, 0.3) is 5.14 Å². The molecule has 0 saturated heterocycles. The first-order valence-electron chi connectivity index (χ1n) is 1.83. The van der Waals surface area contributed by atoms with E-state index in [4.69, 9.17) is 5.14 Å². The first-order valence-corrected chi connectivity index (χ1v) is 3.48. The smallest absolute Gasteiger partial charge is 0.137 e. The summed E-state index contributed by atoms with van der Waals surface area (Å²) in [5.41, 5.74) is 0. The molecule has 0 saturated carbocycles. The number of hydrogen-bond donors (Lipinski definition) is 0. The van der Waals surface area contributed by atoms with Gasteiger partial charge in [-0.3, -0.25) is 0 Å². The Kier molecular flexibility index (Phi) is 2.28. The Hall–Kier alpha value is -0.0600. The highest BCUT2D eigenvalue weighted by molar-refractivity contribution is 7.99. The van der Waals surface area contributed by atoms with Gasteiger partial charge in [-0.1, -0.05) is 0 Å². The lowest BCUT2D eigenvalue weighted by Gasteiger charge is -2.12. The minimum atomic E-state index is -3.49. The summed E-state index contributed by atoms with van der Waals surface area (Å²) < 4.78 is 19.7. The summed E-state index contributed by atoms with van der Waals surface area (Å²) in [5, 5.41) is 6.26. The molecule has 0 amide bonds. The van der Waals surface area contributed by atoms with Crippen molar-refractivity contribution in [1.29, 1.82) is 0 Å². The molecule has 0 rings (SSSR count). The van der Waals surface area contributed by atoms with Gasteiger partial charge in [0.05, 0.1) is 6.92 Å². The Morgan fingerprint density at radius 2 is 2.29 bits per heavy atom. The Morgan fingerprint density at radius 1 is 1.86 bits per heavy atom. The number of nitrogens with one attached hydrogen (secondary N) is 1. The summed E-state index contributed by atoms with van der Waals surface area (Å²) in [6.07, 6.45) is 0.284. The van der Waals surface area contributed by atoms with Gasteiger partial charge < -0.3 is 9.69 Å². The predicted octanol–water partition coefficient (Wildman–Crippen LogP) is 0.808. The number of rotatable bonds is 2. The van der Waals surface area contributed by atoms with E-state index in [1.165, 1.54) is 0 Å². The molecule has 4 heteroatoms. The highest BCUT2D eigenvalue weighted by Crippen LogP contribution is 1.98. The molecule has 0 radical (unpaired) electrons. The van der Waals surface area contributed by atoms with Gasteiger partial charge in [-0.15, -0.1) is 4.21 Å². The molecule has 0 aliphatic heterocycles. The summed E-state index contributed by atoms with van der Waals surface area (Å²) in [4.78, 5) is 0. The van der Waals surface area contributed by atoms with Crippen molar-refractivity contribution in [3.63, 3.8) is 0 Å². The van der Waals surface area contributed by atoms with Crippen molar-refractivity contribution in [2.24, 2.45) is 0 Å². The lowest BCUT2D eigenvalue weighted by atomic mass is 10.6. The van der Waals surface area contributed by atoms with Crippen LogP contribution in [0.4, 0.5) is 0 Å². The van der Waals surface area contributed by atoms with Crippen molar-refractivity contribution in [3.05, 3.63) is 12.1 Å². The molecule has 1 N–H and O–H groups in total. The summed E-state index contributed by atoms with van der Waals surface area (Å²) in [6, 6.07) is 0. The third-order valence-corrected chi connectivity index (χ3v) is 1.24. The minimum Gasteiger partial charge on any atom is -0.625 e. The molecule has 0 aliphatic carbocycles. The third-order valence-electron chi connectivity index (χ3n) is 0.413. The Morgan fingerprint density at radius 3 is 2.29 bits per heavy atom. The summed E-state index contributed by atoms with van der Waals surface area (Å²) in [7, 11) is -3.49. The molecule has 1 atom stereocenters. The van der Waals surface area contributed by atoms with E-state index >= 15 is 0 Å². The van der Waals surface area contributed by atoms with E-state index < -0.39 is 10.4 Å². The monoisotopic (exact) mass is 121 g/mol. The average Bonchev–Trinajstić information content (AvgIpc) is 1.30. The lowest BCUT2D eigenvalue weighted by Crippen LogP contribution is -2.05. The van der Waals surface area contributed by atoms with Gasteiger partial charge in [0.25, 0.3) is 0 Å². The van der Waals surface area contributed by atoms with Crippen molar-refractivity contribution in [1.82, 2.24) is 0 Å². The standard InChI is InChI=1S/C3H7NO2S/c1-2-3-7(4,5)6/h1-3H2,(H-2,4,5,6). The van der Waals surface area contributed by atoms with Crippen LogP contribution in [-0.2, 0) is 14.6 Å². The molecule has 1 unspecified atom stereocenters. The topological polar surface area (TPSA) is 63.9 Å². The van der Waals surface area contributed by atoms with Gasteiger partial charge >= 0.3 is 0 Å². The highest BCUT2D eigenvalue weighted by Gasteiger charge is 1.96. The first-order chi connectivity index (χ1) is 3.06. The molecular formula is C3H7NO2S. The molecule has 7 heavy (non-hydrogen) atoms. The van der Waals surface area contributed by atoms with Gasteiger partial charge in [-0.05, 0) is 10.4 Å². The Bertz CT molecular complexity index is 86.9. The number of hydrogen-bond acceptors (Lipinski definition) is 2. The van der Waals surface area contributed by atoms with Gasteiger partial charge in [0.1, 0.15) is 12.2 Å². The summed E-state index contributed by atoms with van der Waals surface area (Å²) in [6.45, 7) is 3.27. The zero-order valence-corrected chi connectivity index (χ0v) is 4.66. The predicted molar refractivity (Wildman–Crippen MR) is 28.0 cm³/mol. The van der Waals surface area contributed by atoms with Crippen LogP contribution in [0, 0.1) is 6.92 Å². The normalized spacial score (nSPS) is 18.6. The zero-order chi connectivity index (χ0) is 5.91. The first kappa shape index (κ1) is 6.94. The van der Waals surface area contributed by atoms with E-state index in [0.29, 0.717) is 0 Å². The second-order valence-corrected chi connectivity index (χ2v) is 2.81. The van der Waals surface area contributed by atoms with Crippen molar-refractivity contribution in [3.8, 4) is 0 Å². The molecule has 0 bridgehead atoms. The van der Waals surface area contributed by atoms with Crippen LogP contribution in [0.3, 0.4) is 0 Å². The van der Waals surface area contributed by atoms with Gasteiger partial charge in [0.2, 0.25) is 0 Å². The molecule has 42 valence electrons. The van der Waals surface area contributed by atoms with Crippen LogP contribution < -0.4 is 0 Å². The van der Waals surface area contributed by atoms with Crippen molar-refractivity contribution in [2.75, 3.05) is 5.75 Å². The summed E-state index contributed by atoms with van der Waals surface area (Å²) in [5.74, 6) is -0.132. The van der Waals surface area contributed by atoms with Crippen LogP contribution in [0.15, 0.2) is 0 Å². The quantitative estimate of drug-likeness (QED) is 0.400. The highest BCUT2D eigenvalue weighted by atomic mass is 32.3. The minimum absolute atomic E-state index is 0.132. The second-order valence-electron chi connectivity index (χ2n) is 1.17. The zero-order valence-electron chi connectivity index (χ0n) is 3.85. The van der Waals surface area contributed by atoms with Crippen molar-refractivity contribution < 1.29 is 8.76 Å². The van der Waals surface area contributed by atoms with Crippen LogP contribution in [0.5, 0.6) is 0 Å². The third kappa shape index (κ3) is 5.94. The molecule has 0 aromatic carbocycles. The van der Waals surface area contributed by atoms with E-state index in [1.54, 1.807) is 0 Å². The molecule has 0 heterocycles. The van der Waals surface area contributed by atoms with Crippen LogP contribution >= 0.6 is 0 Å². The Labute approximate surface area is 44.3 Å². The fourth-order valence-corrected chi connectivity index (χ4v) is 0.570. The van der Waals surface area contributed by atoms with Crippen LogP contribution in [0.1, 0.15) is 6.42 Å². The van der Waals surface area contributed by atoms with E-state index in [2.05, 4.69) is 6.92 Å². The molecule has 0 aromatic rings. The maximum absolute atomic E-state index is 9.86. The van der Waals surface area contributed by atoms with E-state index in [9.17, 15) is 8.76 Å². The van der Waals surface area contributed by atoms with E-state index in [0.717, 1.165) is 0 Å².